The molecule has 1 aromatic carbocycles. The van der Waals surface area contributed by atoms with Gasteiger partial charge in [-0.3, -0.25) is 4.99 Å². The van der Waals surface area contributed by atoms with E-state index < -0.39 is 0 Å². The topological polar surface area (TPSA) is 46.1 Å². The fraction of sp³-hybridized carbons (Fsp3) is 0.611. The molecule has 6 heteroatoms. The van der Waals surface area contributed by atoms with Gasteiger partial charge in [0, 0.05) is 26.7 Å². The highest BCUT2D eigenvalue weighted by Gasteiger charge is 2.21. The normalized spacial score (nSPS) is 13.8. The van der Waals surface area contributed by atoms with Crippen LogP contribution < -0.4 is 14.8 Å². The van der Waals surface area contributed by atoms with Crippen LogP contribution in [0, 0.1) is 0 Å². The minimum atomic E-state index is 0. The maximum Gasteiger partial charge on any atom is 0.193 e. The largest absolute Gasteiger partial charge is 0.493 e. The van der Waals surface area contributed by atoms with Crippen LogP contribution in [0.1, 0.15) is 37.3 Å². The number of hydrogen-bond acceptors (Lipinski definition) is 3. The van der Waals surface area contributed by atoms with Crippen molar-refractivity contribution in [2.45, 2.75) is 39.2 Å². The van der Waals surface area contributed by atoms with E-state index in [4.69, 9.17) is 9.47 Å². The predicted octanol–water partition coefficient (Wildman–Crippen LogP) is 3.45. The van der Waals surface area contributed by atoms with Gasteiger partial charge in [-0.2, -0.15) is 0 Å². The number of hydrogen-bond donors (Lipinski definition) is 1. The van der Waals surface area contributed by atoms with Crippen LogP contribution in [0.25, 0.3) is 0 Å². The van der Waals surface area contributed by atoms with Crippen LogP contribution in [-0.2, 0) is 13.0 Å². The van der Waals surface area contributed by atoms with E-state index >= 15 is 0 Å². The molecule has 0 aromatic heterocycles. The Kier molecular flexibility index (Phi) is 9.25. The second-order valence-electron chi connectivity index (χ2n) is 5.83. The Hall–Kier alpha value is -1.18. The van der Waals surface area contributed by atoms with Gasteiger partial charge in [0.15, 0.2) is 17.5 Å². The van der Waals surface area contributed by atoms with Crippen molar-refractivity contribution in [2.24, 2.45) is 4.99 Å². The predicted molar refractivity (Wildman–Crippen MR) is 110 cm³/mol. The molecule has 1 aliphatic rings. The molecule has 0 radical (unpaired) electrons. The summed E-state index contributed by atoms with van der Waals surface area (Å²) < 4.78 is 10.8. The second-order valence-corrected chi connectivity index (χ2v) is 5.83. The fourth-order valence-corrected chi connectivity index (χ4v) is 2.97. The van der Waals surface area contributed by atoms with Gasteiger partial charge in [-0.05, 0) is 36.1 Å². The van der Waals surface area contributed by atoms with Gasteiger partial charge >= 0.3 is 0 Å². The number of rotatable bonds is 6. The molecule has 5 nitrogen and oxygen atoms in total. The highest BCUT2D eigenvalue weighted by Crippen LogP contribution is 2.33. The number of unbranched alkanes of at least 4 members (excludes halogenated alkanes) is 2. The maximum atomic E-state index is 5.43. The fourth-order valence-electron chi connectivity index (χ4n) is 2.97. The Morgan fingerprint density at radius 3 is 2.42 bits per heavy atom. The van der Waals surface area contributed by atoms with Crippen LogP contribution in [-0.4, -0.2) is 45.2 Å². The first kappa shape index (κ1) is 20.9. The van der Waals surface area contributed by atoms with Gasteiger partial charge in [-0.25, -0.2) is 0 Å². The van der Waals surface area contributed by atoms with Gasteiger partial charge in [0.05, 0.1) is 14.2 Å². The first-order chi connectivity index (χ1) is 11.2. The smallest absolute Gasteiger partial charge is 0.193 e. The van der Waals surface area contributed by atoms with Crippen molar-refractivity contribution >= 4 is 29.9 Å². The summed E-state index contributed by atoms with van der Waals surface area (Å²) in [6, 6.07) is 4.19. The number of nitrogens with zero attached hydrogens (tertiary/aromatic N) is 2. The Morgan fingerprint density at radius 2 is 1.83 bits per heavy atom. The van der Waals surface area contributed by atoms with Crippen molar-refractivity contribution in [3.8, 4) is 11.5 Å². The zero-order valence-electron chi connectivity index (χ0n) is 15.2. The van der Waals surface area contributed by atoms with Crippen molar-refractivity contribution in [1.29, 1.82) is 0 Å². The molecule has 0 fully saturated rings. The van der Waals surface area contributed by atoms with Gasteiger partial charge in [0.2, 0.25) is 0 Å². The number of benzene rings is 1. The van der Waals surface area contributed by atoms with Gasteiger partial charge in [-0.15, -0.1) is 24.0 Å². The van der Waals surface area contributed by atoms with Crippen molar-refractivity contribution in [3.05, 3.63) is 23.3 Å². The van der Waals surface area contributed by atoms with Crippen LogP contribution in [0.4, 0.5) is 0 Å². The molecule has 24 heavy (non-hydrogen) atoms. The standard InChI is InChI=1S/C18H29N3O2.HI/c1-5-6-7-9-20-18(19-2)21-10-8-14-11-16(22-3)17(23-4)12-15(14)13-21;/h11-12H,5-10,13H2,1-4H3,(H,19,20);1H. The number of methoxy groups -OCH3 is 2. The van der Waals surface area contributed by atoms with E-state index in [1.807, 2.05) is 7.05 Å². The molecule has 136 valence electrons. The lowest BCUT2D eigenvalue weighted by Gasteiger charge is -2.32. The van der Waals surface area contributed by atoms with Crippen molar-refractivity contribution < 1.29 is 9.47 Å². The molecule has 2 rings (SSSR count). The quantitative estimate of drug-likeness (QED) is 0.314. The lowest BCUT2D eigenvalue weighted by molar-refractivity contribution is 0.346. The molecule has 1 N–H and O–H groups in total. The average molecular weight is 447 g/mol. The third-order valence-corrected chi connectivity index (χ3v) is 4.29. The Morgan fingerprint density at radius 1 is 1.17 bits per heavy atom. The second kappa shape index (κ2) is 10.6. The lowest BCUT2D eigenvalue weighted by atomic mass is 9.99. The van der Waals surface area contributed by atoms with Gasteiger partial charge in [0.25, 0.3) is 0 Å². The summed E-state index contributed by atoms with van der Waals surface area (Å²) in [5.41, 5.74) is 2.62. The average Bonchev–Trinajstić information content (AvgIpc) is 2.60. The van der Waals surface area contributed by atoms with E-state index in [0.717, 1.165) is 43.5 Å². The van der Waals surface area contributed by atoms with E-state index in [0.29, 0.717) is 0 Å². The monoisotopic (exact) mass is 447 g/mol. The number of ether oxygens (including phenoxy) is 2. The molecular formula is C18H30IN3O2. The molecule has 0 aliphatic carbocycles. The third-order valence-electron chi connectivity index (χ3n) is 4.29. The molecule has 0 unspecified atom stereocenters. The minimum absolute atomic E-state index is 0. The zero-order valence-corrected chi connectivity index (χ0v) is 17.6. The summed E-state index contributed by atoms with van der Waals surface area (Å²) in [5, 5.41) is 3.48. The highest BCUT2D eigenvalue weighted by atomic mass is 127. The van der Waals surface area contributed by atoms with Crippen LogP contribution in [0.3, 0.4) is 0 Å². The number of guanidine groups is 1. The van der Waals surface area contributed by atoms with Crippen LogP contribution >= 0.6 is 24.0 Å². The van der Waals surface area contributed by atoms with E-state index in [2.05, 4.69) is 34.3 Å². The Bertz CT molecular complexity index is 549. The molecule has 0 spiro atoms. The Balaban J connectivity index is 0.00000288. The molecule has 1 aliphatic heterocycles. The molecule has 0 atom stereocenters. The molecule has 0 bridgehead atoms. The maximum absolute atomic E-state index is 5.43. The van der Waals surface area contributed by atoms with Gasteiger partial charge < -0.3 is 19.7 Å². The van der Waals surface area contributed by atoms with Crippen molar-refractivity contribution in [2.75, 3.05) is 34.4 Å². The molecular weight excluding hydrogens is 417 g/mol. The van der Waals surface area contributed by atoms with E-state index in [-0.39, 0.29) is 24.0 Å². The van der Waals surface area contributed by atoms with Crippen LogP contribution in [0.2, 0.25) is 0 Å². The lowest BCUT2D eigenvalue weighted by Crippen LogP contribution is -2.44. The summed E-state index contributed by atoms with van der Waals surface area (Å²) in [5.74, 6) is 2.59. The number of halogens is 1. The summed E-state index contributed by atoms with van der Waals surface area (Å²) in [6.45, 7) is 5.02. The van der Waals surface area contributed by atoms with E-state index in [1.165, 1.54) is 30.4 Å². The van der Waals surface area contributed by atoms with Gasteiger partial charge in [-0.1, -0.05) is 19.8 Å². The van der Waals surface area contributed by atoms with Crippen molar-refractivity contribution in [3.63, 3.8) is 0 Å². The van der Waals surface area contributed by atoms with Gasteiger partial charge in [0.1, 0.15) is 0 Å². The summed E-state index contributed by atoms with van der Waals surface area (Å²) in [7, 11) is 5.22. The van der Waals surface area contributed by atoms with Crippen LogP contribution in [0.15, 0.2) is 17.1 Å². The minimum Gasteiger partial charge on any atom is -0.493 e. The molecule has 1 aromatic rings. The zero-order chi connectivity index (χ0) is 16.7. The third kappa shape index (κ3) is 5.16. The molecule has 0 amide bonds. The number of aliphatic imine (C=N–C) groups is 1. The molecule has 1 heterocycles. The van der Waals surface area contributed by atoms with Crippen LogP contribution in [0.5, 0.6) is 11.5 Å². The first-order valence-corrected chi connectivity index (χ1v) is 8.42. The summed E-state index contributed by atoms with van der Waals surface area (Å²) in [6.07, 6.45) is 4.67. The van der Waals surface area contributed by atoms with E-state index in [1.54, 1.807) is 14.2 Å². The first-order valence-electron chi connectivity index (χ1n) is 8.42. The number of nitrogens with one attached hydrogen (secondary N) is 1. The highest BCUT2D eigenvalue weighted by molar-refractivity contribution is 14.0. The van der Waals surface area contributed by atoms with Crippen molar-refractivity contribution in [1.82, 2.24) is 10.2 Å². The summed E-state index contributed by atoms with van der Waals surface area (Å²) in [4.78, 5) is 6.74. The van der Waals surface area contributed by atoms with E-state index in [9.17, 15) is 0 Å². The Labute approximate surface area is 162 Å². The molecule has 0 saturated carbocycles. The SMILES string of the molecule is CCCCCNC(=NC)N1CCc2cc(OC)c(OC)cc2C1.I. The molecule has 0 saturated heterocycles. The summed E-state index contributed by atoms with van der Waals surface area (Å²) >= 11 is 0. The number of fused-ring (bicyclic) bond motifs is 1.